The maximum Gasteiger partial charge on any atom is 0.237 e. The van der Waals surface area contributed by atoms with E-state index in [4.69, 9.17) is 10.00 Å². The molecule has 0 fully saturated rings. The molecule has 0 bridgehead atoms. The molecular formula is C15H13FN2O. The van der Waals surface area contributed by atoms with Crippen LogP contribution in [0.3, 0.4) is 0 Å². The molecule has 0 saturated carbocycles. The first-order valence-electron chi connectivity index (χ1n) is 5.83. The topological polar surface area (TPSA) is 45.9 Å². The van der Waals surface area contributed by atoms with E-state index >= 15 is 0 Å². The molecule has 0 N–H and O–H groups in total. The second-order valence-corrected chi connectivity index (χ2v) is 4.38. The minimum Gasteiger partial charge on any atom is -0.437 e. The molecule has 96 valence electrons. The Hall–Kier alpha value is -2.41. The quantitative estimate of drug-likeness (QED) is 0.820. The largest absolute Gasteiger partial charge is 0.437 e. The second-order valence-electron chi connectivity index (χ2n) is 4.38. The average Bonchev–Trinajstić information content (AvgIpc) is 2.33. The van der Waals surface area contributed by atoms with E-state index in [0.29, 0.717) is 11.3 Å². The van der Waals surface area contributed by atoms with Gasteiger partial charge in [0.1, 0.15) is 23.2 Å². The SMILES string of the molecule is Cc1cc(C)c(C#N)c(Oc2cc(F)ccc2C)n1. The molecule has 0 unspecified atom stereocenters. The highest BCUT2D eigenvalue weighted by Gasteiger charge is 2.12. The van der Waals surface area contributed by atoms with Gasteiger partial charge in [0, 0.05) is 11.8 Å². The number of aryl methyl sites for hydroxylation is 3. The molecule has 4 heteroatoms. The fourth-order valence-electron chi connectivity index (χ4n) is 1.80. The predicted molar refractivity (Wildman–Crippen MR) is 69.6 cm³/mol. The maximum absolute atomic E-state index is 13.2. The molecule has 0 amide bonds. The maximum atomic E-state index is 13.2. The van der Waals surface area contributed by atoms with Crippen molar-refractivity contribution in [2.75, 3.05) is 0 Å². The molecule has 0 radical (unpaired) electrons. The average molecular weight is 256 g/mol. The van der Waals surface area contributed by atoms with E-state index in [2.05, 4.69) is 11.1 Å². The van der Waals surface area contributed by atoms with E-state index in [-0.39, 0.29) is 11.7 Å². The monoisotopic (exact) mass is 256 g/mol. The molecule has 1 aromatic carbocycles. The van der Waals surface area contributed by atoms with Gasteiger partial charge in [-0.3, -0.25) is 0 Å². The standard InChI is InChI=1S/C15H13FN2O/c1-9-4-5-12(16)7-14(9)19-15-13(8-17)10(2)6-11(3)18-15/h4-7H,1-3H3. The number of pyridine rings is 1. The summed E-state index contributed by atoms with van der Waals surface area (Å²) in [5.41, 5.74) is 2.69. The lowest BCUT2D eigenvalue weighted by Gasteiger charge is -2.11. The van der Waals surface area contributed by atoms with Gasteiger partial charge < -0.3 is 4.74 Å². The molecule has 3 nitrogen and oxygen atoms in total. The van der Waals surface area contributed by atoms with Gasteiger partial charge in [-0.1, -0.05) is 6.07 Å². The molecule has 0 aliphatic heterocycles. The van der Waals surface area contributed by atoms with Gasteiger partial charge in [0.15, 0.2) is 0 Å². The van der Waals surface area contributed by atoms with Crippen molar-refractivity contribution in [3.05, 3.63) is 52.5 Å². The third-order valence-corrected chi connectivity index (χ3v) is 2.78. The summed E-state index contributed by atoms with van der Waals surface area (Å²) in [7, 11) is 0. The normalized spacial score (nSPS) is 10.1. The van der Waals surface area contributed by atoms with Crippen molar-refractivity contribution in [2.45, 2.75) is 20.8 Å². The van der Waals surface area contributed by atoms with Gasteiger partial charge >= 0.3 is 0 Å². The van der Waals surface area contributed by atoms with Crippen LogP contribution >= 0.6 is 0 Å². The van der Waals surface area contributed by atoms with Crippen molar-refractivity contribution < 1.29 is 9.13 Å². The van der Waals surface area contributed by atoms with Crippen LogP contribution in [-0.2, 0) is 0 Å². The molecule has 0 saturated heterocycles. The summed E-state index contributed by atoms with van der Waals surface area (Å²) in [5.74, 6) is 0.200. The summed E-state index contributed by atoms with van der Waals surface area (Å²) in [6.45, 7) is 5.45. The molecule has 1 heterocycles. The van der Waals surface area contributed by atoms with Crippen LogP contribution in [-0.4, -0.2) is 4.98 Å². The van der Waals surface area contributed by atoms with Gasteiger partial charge in [-0.25, -0.2) is 9.37 Å². The number of ether oxygens (including phenoxy) is 1. The van der Waals surface area contributed by atoms with Gasteiger partial charge in [0.2, 0.25) is 5.88 Å². The van der Waals surface area contributed by atoms with Crippen LogP contribution < -0.4 is 4.74 Å². The molecule has 1 aromatic heterocycles. The van der Waals surface area contributed by atoms with Gasteiger partial charge in [0.25, 0.3) is 0 Å². The smallest absolute Gasteiger partial charge is 0.237 e. The Bertz CT molecular complexity index is 675. The van der Waals surface area contributed by atoms with Gasteiger partial charge in [-0.15, -0.1) is 0 Å². The molecule has 0 atom stereocenters. The van der Waals surface area contributed by atoms with Crippen molar-refractivity contribution in [3.63, 3.8) is 0 Å². The number of benzene rings is 1. The summed E-state index contributed by atoms with van der Waals surface area (Å²) in [4.78, 5) is 4.20. The van der Waals surface area contributed by atoms with Gasteiger partial charge in [-0.05, 0) is 44.0 Å². The van der Waals surface area contributed by atoms with E-state index in [1.54, 1.807) is 6.07 Å². The van der Waals surface area contributed by atoms with Gasteiger partial charge in [0.05, 0.1) is 0 Å². The van der Waals surface area contributed by atoms with Crippen molar-refractivity contribution in [1.29, 1.82) is 5.26 Å². The van der Waals surface area contributed by atoms with Crippen LogP contribution in [0.25, 0.3) is 0 Å². The zero-order valence-electron chi connectivity index (χ0n) is 11.0. The van der Waals surface area contributed by atoms with Crippen LogP contribution in [0.2, 0.25) is 0 Å². The van der Waals surface area contributed by atoms with Crippen molar-refractivity contribution in [1.82, 2.24) is 4.98 Å². The molecule has 2 rings (SSSR count). The lowest BCUT2D eigenvalue weighted by Crippen LogP contribution is -1.98. The van der Waals surface area contributed by atoms with Crippen LogP contribution in [0.4, 0.5) is 4.39 Å². The number of halogens is 1. The summed E-state index contributed by atoms with van der Waals surface area (Å²) < 4.78 is 18.8. The van der Waals surface area contributed by atoms with Gasteiger partial charge in [-0.2, -0.15) is 5.26 Å². The predicted octanol–water partition coefficient (Wildman–Crippen LogP) is 3.81. The third kappa shape index (κ3) is 2.71. The van der Waals surface area contributed by atoms with Crippen molar-refractivity contribution >= 4 is 0 Å². The number of aromatic nitrogens is 1. The Kier molecular flexibility index (Phi) is 3.48. The Morgan fingerprint density at radius 1 is 1.16 bits per heavy atom. The van der Waals surface area contributed by atoms with Crippen LogP contribution in [0.1, 0.15) is 22.4 Å². The summed E-state index contributed by atoms with van der Waals surface area (Å²) in [6, 6.07) is 8.15. The number of hydrogen-bond acceptors (Lipinski definition) is 3. The first kappa shape index (κ1) is 13.0. The molecule has 0 spiro atoms. The zero-order valence-corrected chi connectivity index (χ0v) is 11.0. The van der Waals surface area contributed by atoms with E-state index in [0.717, 1.165) is 16.8 Å². The van der Waals surface area contributed by atoms with E-state index in [1.165, 1.54) is 12.1 Å². The minimum absolute atomic E-state index is 0.216. The Labute approximate surface area is 111 Å². The molecule has 0 aliphatic carbocycles. The molecule has 19 heavy (non-hydrogen) atoms. The van der Waals surface area contributed by atoms with E-state index in [1.807, 2.05) is 26.8 Å². The van der Waals surface area contributed by atoms with Crippen LogP contribution in [0, 0.1) is 37.9 Å². The molecule has 0 aliphatic rings. The van der Waals surface area contributed by atoms with E-state index in [9.17, 15) is 4.39 Å². The van der Waals surface area contributed by atoms with Crippen molar-refractivity contribution in [3.8, 4) is 17.7 Å². The number of hydrogen-bond donors (Lipinski definition) is 0. The first-order chi connectivity index (χ1) is 9.01. The zero-order chi connectivity index (χ0) is 14.0. The number of nitriles is 1. The van der Waals surface area contributed by atoms with Crippen LogP contribution in [0.5, 0.6) is 11.6 Å². The Morgan fingerprint density at radius 2 is 1.89 bits per heavy atom. The van der Waals surface area contributed by atoms with Crippen molar-refractivity contribution in [2.24, 2.45) is 0 Å². The molecular weight excluding hydrogens is 243 g/mol. The number of nitrogens with zero attached hydrogens (tertiary/aromatic N) is 2. The highest BCUT2D eigenvalue weighted by molar-refractivity contribution is 5.47. The highest BCUT2D eigenvalue weighted by atomic mass is 19.1. The number of rotatable bonds is 2. The summed E-state index contributed by atoms with van der Waals surface area (Å²) >= 11 is 0. The second kappa shape index (κ2) is 5.07. The lowest BCUT2D eigenvalue weighted by molar-refractivity contribution is 0.451. The fraction of sp³-hybridized carbons (Fsp3) is 0.200. The highest BCUT2D eigenvalue weighted by Crippen LogP contribution is 2.28. The summed E-state index contributed by atoms with van der Waals surface area (Å²) in [5, 5.41) is 9.15. The molecule has 2 aromatic rings. The Morgan fingerprint density at radius 3 is 2.58 bits per heavy atom. The van der Waals surface area contributed by atoms with Crippen LogP contribution in [0.15, 0.2) is 24.3 Å². The minimum atomic E-state index is -0.386. The Balaban J connectivity index is 2.49. The van der Waals surface area contributed by atoms with E-state index < -0.39 is 0 Å². The first-order valence-corrected chi connectivity index (χ1v) is 5.83. The lowest BCUT2D eigenvalue weighted by atomic mass is 10.1. The summed E-state index contributed by atoms with van der Waals surface area (Å²) in [6.07, 6.45) is 0. The fourth-order valence-corrected chi connectivity index (χ4v) is 1.80. The third-order valence-electron chi connectivity index (χ3n) is 2.78.